The minimum Gasteiger partial charge on any atom is -0.475 e. The van der Waals surface area contributed by atoms with Gasteiger partial charge in [0.05, 0.1) is 12.0 Å². The Bertz CT molecular complexity index is 504. The molecular formula is C12H15ClN2O2S. The van der Waals surface area contributed by atoms with Crippen LogP contribution in [-0.2, 0) is 4.74 Å². The first-order valence-corrected chi connectivity index (χ1v) is 7.18. The lowest BCUT2D eigenvalue weighted by atomic mass is 10.4. The van der Waals surface area contributed by atoms with Crippen molar-refractivity contribution in [3.8, 4) is 5.88 Å². The number of thiophene rings is 1. The fourth-order valence-corrected chi connectivity index (χ4v) is 2.43. The number of nitrogens with zero attached hydrogens (tertiary/aromatic N) is 2. The summed E-state index contributed by atoms with van der Waals surface area (Å²) >= 11 is 7.35. The Morgan fingerprint density at radius 3 is 3.00 bits per heavy atom. The quantitative estimate of drug-likeness (QED) is 0.577. The molecule has 0 saturated carbocycles. The Hall–Kier alpha value is -0.910. The predicted octanol–water partition coefficient (Wildman–Crippen LogP) is 3.54. The molecule has 0 N–H and O–H groups in total. The van der Waals surface area contributed by atoms with Gasteiger partial charge in [-0.1, -0.05) is 13.3 Å². The summed E-state index contributed by atoms with van der Waals surface area (Å²) in [6.07, 6.45) is 2.21. The second-order valence-electron chi connectivity index (χ2n) is 3.75. The third-order valence-corrected chi connectivity index (χ3v) is 3.35. The number of unbranched alkanes of at least 4 members (excludes halogenated alkanes) is 1. The van der Waals surface area contributed by atoms with Crippen LogP contribution in [0, 0.1) is 0 Å². The van der Waals surface area contributed by atoms with Gasteiger partial charge >= 0.3 is 0 Å². The van der Waals surface area contributed by atoms with Gasteiger partial charge in [0.2, 0.25) is 11.2 Å². The smallest absolute Gasteiger partial charge is 0.227 e. The Kier molecular flexibility index (Phi) is 5.16. The van der Waals surface area contributed by atoms with Crippen molar-refractivity contribution < 1.29 is 9.47 Å². The fraction of sp³-hybridized carbons (Fsp3) is 0.500. The zero-order valence-corrected chi connectivity index (χ0v) is 11.8. The van der Waals surface area contributed by atoms with Gasteiger partial charge in [0.15, 0.2) is 0 Å². The SMILES string of the molecule is CCCCOCCOc1nc(Cl)nc2sccc12. The van der Waals surface area contributed by atoms with Gasteiger partial charge in [-0.2, -0.15) is 4.98 Å². The Labute approximate surface area is 115 Å². The van der Waals surface area contributed by atoms with Gasteiger partial charge in [-0.15, -0.1) is 11.3 Å². The van der Waals surface area contributed by atoms with Crippen LogP contribution in [-0.4, -0.2) is 29.8 Å². The molecule has 6 heteroatoms. The molecule has 18 heavy (non-hydrogen) atoms. The summed E-state index contributed by atoms with van der Waals surface area (Å²) in [6, 6.07) is 1.93. The van der Waals surface area contributed by atoms with Gasteiger partial charge in [0, 0.05) is 6.61 Å². The molecule has 0 unspecified atom stereocenters. The molecule has 2 aromatic heterocycles. The lowest BCUT2D eigenvalue weighted by Gasteiger charge is -2.07. The number of hydrogen-bond acceptors (Lipinski definition) is 5. The number of rotatable bonds is 7. The van der Waals surface area contributed by atoms with E-state index in [0.29, 0.717) is 19.1 Å². The van der Waals surface area contributed by atoms with Crippen molar-refractivity contribution in [3.63, 3.8) is 0 Å². The zero-order valence-electron chi connectivity index (χ0n) is 10.2. The number of fused-ring (bicyclic) bond motifs is 1. The molecule has 98 valence electrons. The molecule has 0 saturated heterocycles. The Morgan fingerprint density at radius 2 is 2.17 bits per heavy atom. The molecule has 0 aliphatic rings. The van der Waals surface area contributed by atoms with E-state index in [4.69, 9.17) is 21.1 Å². The van der Waals surface area contributed by atoms with Gasteiger partial charge in [0.1, 0.15) is 11.4 Å². The monoisotopic (exact) mass is 286 g/mol. The molecule has 2 aromatic rings. The number of halogens is 1. The average molecular weight is 287 g/mol. The molecule has 0 radical (unpaired) electrons. The topological polar surface area (TPSA) is 44.2 Å². The predicted molar refractivity (Wildman–Crippen MR) is 73.6 cm³/mol. The fourth-order valence-electron chi connectivity index (χ4n) is 1.46. The van der Waals surface area contributed by atoms with E-state index in [0.717, 1.165) is 29.7 Å². The summed E-state index contributed by atoms with van der Waals surface area (Å²) in [5, 5.41) is 3.06. The lowest BCUT2D eigenvalue weighted by Crippen LogP contribution is -2.08. The number of ether oxygens (including phenoxy) is 2. The van der Waals surface area contributed by atoms with E-state index in [1.807, 2.05) is 11.4 Å². The third-order valence-electron chi connectivity index (χ3n) is 2.37. The van der Waals surface area contributed by atoms with Gasteiger partial charge in [-0.05, 0) is 29.5 Å². The molecule has 0 aliphatic heterocycles. The number of hydrogen-bond donors (Lipinski definition) is 0. The van der Waals surface area contributed by atoms with E-state index < -0.39 is 0 Å². The highest BCUT2D eigenvalue weighted by Gasteiger charge is 2.08. The van der Waals surface area contributed by atoms with Gasteiger partial charge < -0.3 is 9.47 Å². The van der Waals surface area contributed by atoms with Crippen molar-refractivity contribution in [2.45, 2.75) is 19.8 Å². The lowest BCUT2D eigenvalue weighted by molar-refractivity contribution is 0.0971. The van der Waals surface area contributed by atoms with E-state index in [2.05, 4.69) is 16.9 Å². The molecule has 0 bridgehead atoms. The van der Waals surface area contributed by atoms with Crippen molar-refractivity contribution in [3.05, 3.63) is 16.7 Å². The van der Waals surface area contributed by atoms with Gasteiger partial charge in [0.25, 0.3) is 0 Å². The normalized spacial score (nSPS) is 11.0. The van der Waals surface area contributed by atoms with Crippen LogP contribution in [0.1, 0.15) is 19.8 Å². The summed E-state index contributed by atoms with van der Waals surface area (Å²) in [7, 11) is 0. The molecule has 2 rings (SSSR count). The minimum absolute atomic E-state index is 0.215. The largest absolute Gasteiger partial charge is 0.475 e. The van der Waals surface area contributed by atoms with E-state index in [1.54, 1.807) is 0 Å². The van der Waals surface area contributed by atoms with Crippen LogP contribution in [0.5, 0.6) is 5.88 Å². The van der Waals surface area contributed by atoms with Crippen molar-refractivity contribution in [1.29, 1.82) is 0 Å². The summed E-state index contributed by atoms with van der Waals surface area (Å²) in [5.74, 6) is 0.533. The van der Waals surface area contributed by atoms with Crippen molar-refractivity contribution in [2.75, 3.05) is 19.8 Å². The Morgan fingerprint density at radius 1 is 1.28 bits per heavy atom. The molecule has 4 nitrogen and oxygen atoms in total. The second kappa shape index (κ2) is 6.87. The van der Waals surface area contributed by atoms with Crippen LogP contribution in [0.15, 0.2) is 11.4 Å². The minimum atomic E-state index is 0.215. The standard InChI is InChI=1S/C12H15ClN2O2S/c1-2-3-5-16-6-7-17-10-9-4-8-18-11(9)15-12(13)14-10/h4,8H,2-3,5-7H2,1H3. The molecule has 0 aliphatic carbocycles. The third kappa shape index (κ3) is 3.54. The van der Waals surface area contributed by atoms with Crippen LogP contribution >= 0.6 is 22.9 Å². The highest BCUT2D eigenvalue weighted by molar-refractivity contribution is 7.16. The first-order valence-electron chi connectivity index (χ1n) is 5.92. The summed E-state index contributed by atoms with van der Waals surface area (Å²) in [4.78, 5) is 9.06. The van der Waals surface area contributed by atoms with E-state index in [-0.39, 0.29) is 5.28 Å². The molecular weight excluding hydrogens is 272 g/mol. The zero-order chi connectivity index (χ0) is 12.8. The maximum Gasteiger partial charge on any atom is 0.227 e. The summed E-state index contributed by atoms with van der Waals surface area (Å²) in [6.45, 7) is 3.95. The van der Waals surface area contributed by atoms with Crippen LogP contribution < -0.4 is 4.74 Å². The molecule has 2 heterocycles. The maximum absolute atomic E-state index is 5.84. The van der Waals surface area contributed by atoms with E-state index >= 15 is 0 Å². The van der Waals surface area contributed by atoms with Crippen molar-refractivity contribution in [1.82, 2.24) is 9.97 Å². The van der Waals surface area contributed by atoms with Gasteiger partial charge in [-0.3, -0.25) is 0 Å². The van der Waals surface area contributed by atoms with Crippen LogP contribution in [0.3, 0.4) is 0 Å². The molecule has 0 aromatic carbocycles. The first kappa shape index (κ1) is 13.5. The molecule has 0 spiro atoms. The van der Waals surface area contributed by atoms with Crippen LogP contribution in [0.25, 0.3) is 10.2 Å². The molecule has 0 amide bonds. The summed E-state index contributed by atoms with van der Waals surface area (Å²) < 4.78 is 11.0. The second-order valence-corrected chi connectivity index (χ2v) is 4.98. The summed E-state index contributed by atoms with van der Waals surface area (Å²) in [5.41, 5.74) is 0. The van der Waals surface area contributed by atoms with E-state index in [9.17, 15) is 0 Å². The van der Waals surface area contributed by atoms with Crippen LogP contribution in [0.2, 0.25) is 5.28 Å². The van der Waals surface area contributed by atoms with E-state index in [1.165, 1.54) is 11.3 Å². The van der Waals surface area contributed by atoms with Crippen molar-refractivity contribution in [2.24, 2.45) is 0 Å². The van der Waals surface area contributed by atoms with Crippen molar-refractivity contribution >= 4 is 33.2 Å². The highest BCUT2D eigenvalue weighted by Crippen LogP contribution is 2.27. The first-order chi connectivity index (χ1) is 8.81. The molecule has 0 atom stereocenters. The van der Waals surface area contributed by atoms with Crippen LogP contribution in [0.4, 0.5) is 0 Å². The number of aromatic nitrogens is 2. The average Bonchev–Trinajstić information content (AvgIpc) is 2.81. The Balaban J connectivity index is 1.89. The molecule has 0 fully saturated rings. The maximum atomic E-state index is 5.84. The van der Waals surface area contributed by atoms with Gasteiger partial charge in [-0.25, -0.2) is 4.98 Å². The highest BCUT2D eigenvalue weighted by atomic mass is 35.5.